The molecule has 2 atom stereocenters. The monoisotopic (exact) mass is 318 g/mol. The van der Waals surface area contributed by atoms with Crippen LogP contribution >= 0.6 is 11.3 Å². The quantitative estimate of drug-likeness (QED) is 0.757. The molecule has 2 N–H and O–H groups in total. The van der Waals surface area contributed by atoms with Gasteiger partial charge in [0.15, 0.2) is 6.10 Å². The second-order valence-electron chi connectivity index (χ2n) is 4.93. The van der Waals surface area contributed by atoms with Crippen molar-refractivity contribution in [3.05, 3.63) is 65.3 Å². The van der Waals surface area contributed by atoms with Gasteiger partial charge in [-0.3, -0.25) is 0 Å². The number of rotatable bonds is 5. The van der Waals surface area contributed by atoms with Crippen molar-refractivity contribution in [3.63, 3.8) is 0 Å². The van der Waals surface area contributed by atoms with Gasteiger partial charge in [-0.15, -0.1) is 11.3 Å². The molecule has 0 radical (unpaired) electrons. The number of aliphatic hydroxyl groups is 2. The fourth-order valence-electron chi connectivity index (χ4n) is 2.35. The second-order valence-corrected chi connectivity index (χ2v) is 5.88. The predicted octanol–water partition coefficient (Wildman–Crippen LogP) is 3.51. The Balaban J connectivity index is 1.98. The van der Waals surface area contributed by atoms with Crippen LogP contribution in [0.15, 0.2) is 53.9 Å². The third-order valence-corrected chi connectivity index (χ3v) is 4.31. The first-order valence-corrected chi connectivity index (χ1v) is 7.74. The normalized spacial score (nSPS) is 14.0. The highest BCUT2D eigenvalue weighted by atomic mass is 32.1. The Hall–Kier alpha value is -1.95. The van der Waals surface area contributed by atoms with E-state index in [2.05, 4.69) is 0 Å². The molecule has 0 aliphatic heterocycles. The molecule has 0 aliphatic carbocycles. The fourth-order valence-corrected chi connectivity index (χ4v) is 3.16. The molecular weight excluding hydrogens is 303 g/mol. The number of hydrogen-bond donors (Lipinski definition) is 2. The third-order valence-electron chi connectivity index (χ3n) is 3.42. The number of thiophene rings is 1. The Kier molecular flexibility index (Phi) is 4.38. The summed E-state index contributed by atoms with van der Waals surface area (Å²) in [4.78, 5) is 0. The van der Waals surface area contributed by atoms with Crippen molar-refractivity contribution < 1.29 is 19.3 Å². The Morgan fingerprint density at radius 1 is 1.14 bits per heavy atom. The minimum atomic E-state index is -1.14. The van der Waals surface area contributed by atoms with E-state index in [4.69, 9.17) is 4.74 Å². The molecule has 0 spiro atoms. The van der Waals surface area contributed by atoms with Gasteiger partial charge in [0.2, 0.25) is 0 Å². The van der Waals surface area contributed by atoms with Gasteiger partial charge in [0.25, 0.3) is 0 Å². The van der Waals surface area contributed by atoms with Crippen molar-refractivity contribution in [2.45, 2.75) is 12.2 Å². The van der Waals surface area contributed by atoms with E-state index in [9.17, 15) is 14.6 Å². The van der Waals surface area contributed by atoms with Crippen LogP contribution in [0.5, 0.6) is 5.75 Å². The topological polar surface area (TPSA) is 49.7 Å². The second kappa shape index (κ2) is 6.44. The molecule has 2 unspecified atom stereocenters. The molecular formula is C17H15FO3S. The number of aliphatic hydroxyl groups excluding tert-OH is 2. The van der Waals surface area contributed by atoms with E-state index in [1.54, 1.807) is 29.5 Å². The molecule has 0 saturated carbocycles. The van der Waals surface area contributed by atoms with E-state index < -0.39 is 24.6 Å². The summed E-state index contributed by atoms with van der Waals surface area (Å²) >= 11 is 1.59. The lowest BCUT2D eigenvalue weighted by Crippen LogP contribution is -2.27. The van der Waals surface area contributed by atoms with Crippen LogP contribution in [0.3, 0.4) is 0 Å². The largest absolute Gasteiger partial charge is 0.482 e. The van der Waals surface area contributed by atoms with Crippen molar-refractivity contribution in [2.24, 2.45) is 0 Å². The van der Waals surface area contributed by atoms with Crippen LogP contribution in [0.2, 0.25) is 0 Å². The van der Waals surface area contributed by atoms with E-state index in [0.717, 1.165) is 10.1 Å². The SMILES string of the molecule is OCC(O)C(Oc1cccc2sccc12)c1cccc(F)c1. The third kappa shape index (κ3) is 2.97. The molecule has 3 rings (SSSR count). The summed E-state index contributed by atoms with van der Waals surface area (Å²) in [6.07, 6.45) is -1.98. The van der Waals surface area contributed by atoms with Crippen molar-refractivity contribution >= 4 is 21.4 Å². The van der Waals surface area contributed by atoms with Crippen LogP contribution in [-0.4, -0.2) is 22.9 Å². The van der Waals surface area contributed by atoms with Crippen LogP contribution in [0.4, 0.5) is 4.39 Å². The maximum Gasteiger partial charge on any atom is 0.152 e. The summed E-state index contributed by atoms with van der Waals surface area (Å²) in [5.41, 5.74) is 0.480. The van der Waals surface area contributed by atoms with E-state index in [1.165, 1.54) is 12.1 Å². The zero-order chi connectivity index (χ0) is 15.5. The van der Waals surface area contributed by atoms with Crippen molar-refractivity contribution in [3.8, 4) is 5.75 Å². The molecule has 3 nitrogen and oxygen atoms in total. The Morgan fingerprint density at radius 3 is 2.73 bits per heavy atom. The summed E-state index contributed by atoms with van der Waals surface area (Å²) < 4.78 is 20.4. The number of fused-ring (bicyclic) bond motifs is 1. The van der Waals surface area contributed by atoms with Crippen molar-refractivity contribution in [1.82, 2.24) is 0 Å². The highest BCUT2D eigenvalue weighted by molar-refractivity contribution is 7.17. The maximum atomic E-state index is 13.4. The Labute approximate surface area is 131 Å². The summed E-state index contributed by atoms with van der Waals surface area (Å²) in [6.45, 7) is -0.471. The van der Waals surface area contributed by atoms with E-state index in [0.29, 0.717) is 11.3 Å². The first-order chi connectivity index (χ1) is 10.7. The molecule has 0 bridgehead atoms. The maximum absolute atomic E-state index is 13.4. The first kappa shape index (κ1) is 15.0. The summed E-state index contributed by atoms with van der Waals surface area (Å²) in [7, 11) is 0. The Bertz CT molecular complexity index is 771. The number of halogens is 1. The van der Waals surface area contributed by atoms with Gasteiger partial charge < -0.3 is 14.9 Å². The van der Waals surface area contributed by atoms with Gasteiger partial charge in [0, 0.05) is 10.1 Å². The zero-order valence-electron chi connectivity index (χ0n) is 11.6. The zero-order valence-corrected chi connectivity index (χ0v) is 12.5. The molecule has 0 amide bonds. The summed E-state index contributed by atoms with van der Waals surface area (Å²) in [5, 5.41) is 22.2. The lowest BCUT2D eigenvalue weighted by Gasteiger charge is -2.24. The van der Waals surface area contributed by atoms with Crippen LogP contribution in [0.1, 0.15) is 11.7 Å². The molecule has 22 heavy (non-hydrogen) atoms. The molecule has 3 aromatic rings. The van der Waals surface area contributed by atoms with Gasteiger partial charge in [-0.2, -0.15) is 0 Å². The minimum absolute atomic E-state index is 0.412. The van der Waals surface area contributed by atoms with Crippen molar-refractivity contribution in [2.75, 3.05) is 6.61 Å². The Morgan fingerprint density at radius 2 is 1.95 bits per heavy atom. The van der Waals surface area contributed by atoms with Crippen LogP contribution in [0.25, 0.3) is 10.1 Å². The molecule has 2 aromatic carbocycles. The lowest BCUT2D eigenvalue weighted by molar-refractivity contribution is -0.00134. The molecule has 0 fully saturated rings. The molecule has 5 heteroatoms. The average molecular weight is 318 g/mol. The minimum Gasteiger partial charge on any atom is -0.482 e. The average Bonchev–Trinajstić information content (AvgIpc) is 3.01. The standard InChI is InChI=1S/C17H15FO3S/c18-12-4-1-3-11(9-12)17(14(20)10-19)21-15-5-2-6-16-13(15)7-8-22-16/h1-9,14,17,19-20H,10H2. The number of benzene rings is 2. The van der Waals surface area contributed by atoms with Gasteiger partial charge in [0.1, 0.15) is 17.7 Å². The van der Waals surface area contributed by atoms with Gasteiger partial charge in [-0.05, 0) is 41.3 Å². The van der Waals surface area contributed by atoms with E-state index in [-0.39, 0.29) is 0 Å². The number of ether oxygens (including phenoxy) is 1. The first-order valence-electron chi connectivity index (χ1n) is 6.86. The van der Waals surface area contributed by atoms with E-state index >= 15 is 0 Å². The summed E-state index contributed by atoms with van der Waals surface area (Å²) in [6, 6.07) is 13.4. The smallest absolute Gasteiger partial charge is 0.152 e. The molecule has 114 valence electrons. The predicted molar refractivity (Wildman–Crippen MR) is 84.7 cm³/mol. The van der Waals surface area contributed by atoms with E-state index in [1.807, 2.05) is 23.6 Å². The molecule has 1 aromatic heterocycles. The summed E-state index contributed by atoms with van der Waals surface area (Å²) in [5.74, 6) is 0.186. The number of hydrogen-bond acceptors (Lipinski definition) is 4. The molecule has 0 saturated heterocycles. The van der Waals surface area contributed by atoms with Crippen LogP contribution in [0, 0.1) is 5.82 Å². The highest BCUT2D eigenvalue weighted by Gasteiger charge is 2.24. The van der Waals surface area contributed by atoms with Crippen molar-refractivity contribution in [1.29, 1.82) is 0 Å². The lowest BCUT2D eigenvalue weighted by atomic mass is 10.0. The van der Waals surface area contributed by atoms with Gasteiger partial charge in [0.05, 0.1) is 6.61 Å². The molecule has 0 aliphatic rings. The molecule has 1 heterocycles. The van der Waals surface area contributed by atoms with Gasteiger partial charge in [-0.25, -0.2) is 4.39 Å². The van der Waals surface area contributed by atoms with Crippen LogP contribution < -0.4 is 4.74 Å². The highest BCUT2D eigenvalue weighted by Crippen LogP contribution is 2.33. The van der Waals surface area contributed by atoms with Crippen LogP contribution in [-0.2, 0) is 0 Å². The van der Waals surface area contributed by atoms with Gasteiger partial charge >= 0.3 is 0 Å². The fraction of sp³-hybridized carbons (Fsp3) is 0.176. The van der Waals surface area contributed by atoms with Gasteiger partial charge in [-0.1, -0.05) is 18.2 Å².